The molecule has 0 saturated carbocycles. The van der Waals surface area contributed by atoms with Crippen LogP contribution < -0.4 is 0 Å². The molecular formula is C16H18N2O3S. The number of amides is 1. The van der Waals surface area contributed by atoms with Gasteiger partial charge in [-0.2, -0.15) is 0 Å². The van der Waals surface area contributed by atoms with E-state index < -0.39 is 9.84 Å². The SMILES string of the molecule is C[C@H](c1ccccn1)N(C)C(=O)c1cccc(S(C)(=O)=O)c1. The molecule has 22 heavy (non-hydrogen) atoms. The van der Waals surface area contributed by atoms with E-state index in [1.54, 1.807) is 30.3 Å². The third kappa shape index (κ3) is 3.51. The molecule has 1 aromatic carbocycles. The fraction of sp³-hybridized carbons (Fsp3) is 0.250. The smallest absolute Gasteiger partial charge is 0.254 e. The standard InChI is InChI=1S/C16H18N2O3S/c1-12(15-9-4-5-10-17-15)18(2)16(19)13-7-6-8-14(11-13)22(3,20)21/h4-12H,1-3H3/t12-/m1/s1. The summed E-state index contributed by atoms with van der Waals surface area (Å²) in [6.45, 7) is 1.88. The number of benzene rings is 1. The zero-order chi connectivity index (χ0) is 16.3. The van der Waals surface area contributed by atoms with E-state index >= 15 is 0 Å². The molecule has 0 bridgehead atoms. The Morgan fingerprint density at radius 2 is 1.91 bits per heavy atom. The van der Waals surface area contributed by atoms with Crippen molar-refractivity contribution in [3.05, 3.63) is 59.9 Å². The van der Waals surface area contributed by atoms with Crippen LogP contribution in [0.1, 0.15) is 29.0 Å². The minimum absolute atomic E-state index is 0.136. The minimum atomic E-state index is -3.34. The first kappa shape index (κ1) is 16.2. The van der Waals surface area contributed by atoms with Gasteiger partial charge in [-0.3, -0.25) is 9.78 Å². The van der Waals surface area contributed by atoms with Crippen LogP contribution in [0.5, 0.6) is 0 Å². The lowest BCUT2D eigenvalue weighted by Crippen LogP contribution is -2.30. The van der Waals surface area contributed by atoms with E-state index in [2.05, 4.69) is 4.98 Å². The Morgan fingerprint density at radius 3 is 2.50 bits per heavy atom. The number of rotatable bonds is 4. The maximum atomic E-state index is 12.5. The van der Waals surface area contributed by atoms with Crippen molar-refractivity contribution < 1.29 is 13.2 Å². The van der Waals surface area contributed by atoms with Crippen LogP contribution in [0.3, 0.4) is 0 Å². The molecule has 0 radical (unpaired) electrons. The van der Waals surface area contributed by atoms with E-state index in [-0.39, 0.29) is 16.8 Å². The number of carbonyl (C=O) groups is 1. The highest BCUT2D eigenvalue weighted by molar-refractivity contribution is 7.90. The van der Waals surface area contributed by atoms with Crippen LogP contribution in [0.2, 0.25) is 0 Å². The lowest BCUT2D eigenvalue weighted by molar-refractivity contribution is 0.0739. The van der Waals surface area contributed by atoms with E-state index in [0.717, 1.165) is 11.9 Å². The van der Waals surface area contributed by atoms with Gasteiger partial charge in [-0.05, 0) is 37.3 Å². The first-order chi connectivity index (χ1) is 10.3. The van der Waals surface area contributed by atoms with E-state index in [0.29, 0.717) is 5.56 Å². The first-order valence-corrected chi connectivity index (χ1v) is 8.68. The first-order valence-electron chi connectivity index (χ1n) is 6.79. The van der Waals surface area contributed by atoms with E-state index in [1.165, 1.54) is 12.1 Å². The van der Waals surface area contributed by atoms with Crippen molar-refractivity contribution >= 4 is 15.7 Å². The van der Waals surface area contributed by atoms with Crippen LogP contribution in [-0.2, 0) is 9.84 Å². The number of hydrogen-bond donors (Lipinski definition) is 0. The maximum Gasteiger partial charge on any atom is 0.254 e. The highest BCUT2D eigenvalue weighted by Gasteiger charge is 2.20. The molecule has 1 atom stereocenters. The fourth-order valence-corrected chi connectivity index (χ4v) is 2.73. The normalized spacial score (nSPS) is 12.7. The molecule has 1 aromatic heterocycles. The monoisotopic (exact) mass is 318 g/mol. The van der Waals surface area contributed by atoms with Gasteiger partial charge in [-0.15, -0.1) is 0 Å². The van der Waals surface area contributed by atoms with Gasteiger partial charge in [-0.25, -0.2) is 8.42 Å². The number of sulfone groups is 1. The second-order valence-electron chi connectivity index (χ2n) is 5.15. The third-order valence-corrected chi connectivity index (χ3v) is 4.64. The van der Waals surface area contributed by atoms with Crippen LogP contribution in [0.15, 0.2) is 53.6 Å². The van der Waals surface area contributed by atoms with Crippen molar-refractivity contribution in [1.82, 2.24) is 9.88 Å². The molecule has 0 N–H and O–H groups in total. The number of nitrogens with zero attached hydrogens (tertiary/aromatic N) is 2. The predicted molar refractivity (Wildman–Crippen MR) is 84.3 cm³/mol. The molecule has 1 amide bonds. The van der Waals surface area contributed by atoms with Gasteiger partial charge in [0.2, 0.25) is 0 Å². The quantitative estimate of drug-likeness (QED) is 0.867. The van der Waals surface area contributed by atoms with E-state index in [9.17, 15) is 13.2 Å². The molecule has 0 unspecified atom stereocenters. The molecule has 0 spiro atoms. The molecule has 2 aromatic rings. The van der Waals surface area contributed by atoms with Crippen molar-refractivity contribution in [1.29, 1.82) is 0 Å². The van der Waals surface area contributed by atoms with Crippen molar-refractivity contribution in [3.63, 3.8) is 0 Å². The Morgan fingerprint density at radius 1 is 1.18 bits per heavy atom. The number of carbonyl (C=O) groups excluding carboxylic acids is 1. The van der Waals surface area contributed by atoms with Crippen molar-refractivity contribution in [2.75, 3.05) is 13.3 Å². The largest absolute Gasteiger partial charge is 0.333 e. The van der Waals surface area contributed by atoms with Crippen molar-refractivity contribution in [3.8, 4) is 0 Å². The average molecular weight is 318 g/mol. The van der Waals surface area contributed by atoms with Gasteiger partial charge in [0.05, 0.1) is 16.6 Å². The van der Waals surface area contributed by atoms with Gasteiger partial charge in [0.1, 0.15) is 0 Å². The van der Waals surface area contributed by atoms with Gasteiger partial charge in [-0.1, -0.05) is 12.1 Å². The van der Waals surface area contributed by atoms with Crippen molar-refractivity contribution in [2.45, 2.75) is 17.9 Å². The Balaban J connectivity index is 2.28. The van der Waals surface area contributed by atoms with Gasteiger partial charge < -0.3 is 4.90 Å². The molecule has 0 aliphatic rings. The molecule has 6 heteroatoms. The minimum Gasteiger partial charge on any atom is -0.333 e. The Labute approximate surface area is 130 Å². The Bertz CT molecular complexity index is 773. The van der Waals surface area contributed by atoms with E-state index in [4.69, 9.17) is 0 Å². The average Bonchev–Trinajstić information content (AvgIpc) is 2.53. The molecule has 0 saturated heterocycles. The summed E-state index contributed by atoms with van der Waals surface area (Å²) in [6.07, 6.45) is 2.80. The summed E-state index contributed by atoms with van der Waals surface area (Å²) in [5, 5.41) is 0. The van der Waals surface area contributed by atoms with Crippen LogP contribution in [0.4, 0.5) is 0 Å². The number of pyridine rings is 1. The number of aromatic nitrogens is 1. The molecule has 0 fully saturated rings. The molecule has 2 rings (SSSR count). The zero-order valence-corrected chi connectivity index (χ0v) is 13.5. The van der Waals surface area contributed by atoms with Gasteiger partial charge in [0.25, 0.3) is 5.91 Å². The summed E-state index contributed by atoms with van der Waals surface area (Å²) in [4.78, 5) is 18.5. The zero-order valence-electron chi connectivity index (χ0n) is 12.7. The second-order valence-corrected chi connectivity index (χ2v) is 7.16. The van der Waals surface area contributed by atoms with Gasteiger partial charge in [0.15, 0.2) is 9.84 Å². The predicted octanol–water partition coefficient (Wildman–Crippen LogP) is 2.32. The summed E-state index contributed by atoms with van der Waals surface area (Å²) in [7, 11) is -1.66. The van der Waals surface area contributed by atoms with Crippen LogP contribution in [0, 0.1) is 0 Å². The highest BCUT2D eigenvalue weighted by atomic mass is 32.2. The molecule has 1 heterocycles. The maximum absolute atomic E-state index is 12.5. The topological polar surface area (TPSA) is 67.3 Å². The van der Waals surface area contributed by atoms with Crippen molar-refractivity contribution in [2.24, 2.45) is 0 Å². The Hall–Kier alpha value is -2.21. The summed E-state index contributed by atoms with van der Waals surface area (Å²) in [5.41, 5.74) is 1.12. The van der Waals surface area contributed by atoms with Gasteiger partial charge >= 0.3 is 0 Å². The molecule has 116 valence electrons. The van der Waals surface area contributed by atoms with Crippen LogP contribution in [-0.4, -0.2) is 37.5 Å². The Kier molecular flexibility index (Phi) is 4.61. The van der Waals surface area contributed by atoms with E-state index in [1.807, 2.05) is 25.1 Å². The lowest BCUT2D eigenvalue weighted by atomic mass is 10.1. The highest BCUT2D eigenvalue weighted by Crippen LogP contribution is 2.20. The van der Waals surface area contributed by atoms with Gasteiger partial charge in [0, 0.05) is 25.1 Å². The van der Waals surface area contributed by atoms with Crippen LogP contribution in [0.25, 0.3) is 0 Å². The molecular weight excluding hydrogens is 300 g/mol. The number of hydrogen-bond acceptors (Lipinski definition) is 4. The molecule has 0 aliphatic carbocycles. The summed E-state index contributed by atoms with van der Waals surface area (Å²) >= 11 is 0. The lowest BCUT2D eigenvalue weighted by Gasteiger charge is -2.24. The molecule has 0 aliphatic heterocycles. The third-order valence-electron chi connectivity index (χ3n) is 3.53. The summed E-state index contributed by atoms with van der Waals surface area (Å²) in [6, 6.07) is 11.4. The molecule has 5 nitrogen and oxygen atoms in total. The summed E-state index contributed by atoms with van der Waals surface area (Å²) < 4.78 is 23.2. The fourth-order valence-electron chi connectivity index (χ4n) is 2.06. The summed E-state index contributed by atoms with van der Waals surface area (Å²) in [5.74, 6) is -0.247. The second kappa shape index (κ2) is 6.27. The van der Waals surface area contributed by atoms with Crippen LogP contribution >= 0.6 is 0 Å².